The Balaban J connectivity index is 1.87. The number of ether oxygens (including phenoxy) is 1. The highest BCUT2D eigenvalue weighted by molar-refractivity contribution is 6.29. The molecule has 0 fully saturated rings. The summed E-state index contributed by atoms with van der Waals surface area (Å²) < 4.78 is 5.32. The minimum absolute atomic E-state index is 0.307. The van der Waals surface area contributed by atoms with Crippen molar-refractivity contribution < 1.29 is 4.74 Å². The van der Waals surface area contributed by atoms with E-state index in [9.17, 15) is 0 Å². The van der Waals surface area contributed by atoms with Gasteiger partial charge in [0.25, 0.3) is 0 Å². The van der Waals surface area contributed by atoms with E-state index in [-0.39, 0.29) is 0 Å². The number of hydrogen-bond acceptors (Lipinski definition) is 3. The molecule has 0 saturated carbocycles. The van der Waals surface area contributed by atoms with Crippen molar-refractivity contribution in [3.8, 4) is 5.75 Å². The Bertz CT molecular complexity index is 642. The molecule has 0 radical (unpaired) electrons. The lowest BCUT2D eigenvalue weighted by molar-refractivity contribution is 0.414. The summed E-state index contributed by atoms with van der Waals surface area (Å²) in [6.45, 7) is 1.97. The number of methoxy groups -OCH3 is 1. The minimum atomic E-state index is 0.307. The highest BCUT2D eigenvalue weighted by Gasteiger charge is 2.23. The van der Waals surface area contributed by atoms with Crippen LogP contribution in [-0.4, -0.2) is 12.1 Å². The van der Waals surface area contributed by atoms with Gasteiger partial charge in [-0.05, 0) is 55.2 Å². The summed E-state index contributed by atoms with van der Waals surface area (Å²) in [5, 5.41) is 4.10. The summed E-state index contributed by atoms with van der Waals surface area (Å²) >= 11 is 5.90. The van der Waals surface area contributed by atoms with Gasteiger partial charge < -0.3 is 10.1 Å². The number of anilines is 1. The first-order valence-corrected chi connectivity index (χ1v) is 7.11. The maximum absolute atomic E-state index is 5.90. The van der Waals surface area contributed by atoms with Gasteiger partial charge in [0.15, 0.2) is 0 Å². The number of rotatable bonds is 3. The summed E-state index contributed by atoms with van der Waals surface area (Å²) in [6.07, 6.45) is 2.18. The molecule has 0 amide bonds. The van der Waals surface area contributed by atoms with Crippen LogP contribution in [0.3, 0.4) is 0 Å². The number of benzene rings is 1. The smallest absolute Gasteiger partial charge is 0.129 e. The van der Waals surface area contributed by atoms with E-state index in [2.05, 4.69) is 22.4 Å². The van der Waals surface area contributed by atoms with E-state index in [1.54, 1.807) is 7.11 Å². The molecule has 1 aliphatic rings. The van der Waals surface area contributed by atoms with Crippen molar-refractivity contribution in [2.24, 2.45) is 0 Å². The van der Waals surface area contributed by atoms with E-state index in [4.69, 9.17) is 16.3 Å². The van der Waals surface area contributed by atoms with Gasteiger partial charge in [-0.2, -0.15) is 0 Å². The van der Waals surface area contributed by atoms with Crippen LogP contribution in [0.2, 0.25) is 5.15 Å². The van der Waals surface area contributed by atoms with Crippen LogP contribution in [0.25, 0.3) is 0 Å². The molecule has 1 unspecified atom stereocenters. The SMILES string of the molecule is COc1ccc2c(c1)C(Nc1ccc(Cl)nc1C)CC2. The average Bonchev–Trinajstić information content (AvgIpc) is 2.84. The second-order valence-corrected chi connectivity index (χ2v) is 5.45. The van der Waals surface area contributed by atoms with Crippen molar-refractivity contribution in [1.82, 2.24) is 4.98 Å². The van der Waals surface area contributed by atoms with Crippen LogP contribution in [-0.2, 0) is 6.42 Å². The predicted octanol–water partition coefficient (Wildman–Crippen LogP) is 4.15. The van der Waals surface area contributed by atoms with Crippen molar-refractivity contribution in [2.45, 2.75) is 25.8 Å². The highest BCUT2D eigenvalue weighted by atomic mass is 35.5. The number of aromatic nitrogens is 1. The molecular weight excluding hydrogens is 272 g/mol. The first kappa shape index (κ1) is 13.3. The van der Waals surface area contributed by atoms with E-state index in [0.29, 0.717) is 11.2 Å². The molecule has 4 heteroatoms. The van der Waals surface area contributed by atoms with Crippen LogP contribution in [0, 0.1) is 6.92 Å². The Morgan fingerprint density at radius 3 is 2.90 bits per heavy atom. The topological polar surface area (TPSA) is 34.1 Å². The van der Waals surface area contributed by atoms with Crippen molar-refractivity contribution in [3.05, 3.63) is 52.3 Å². The number of fused-ring (bicyclic) bond motifs is 1. The second kappa shape index (κ2) is 5.33. The number of nitrogens with one attached hydrogen (secondary N) is 1. The third-order valence-electron chi connectivity index (χ3n) is 3.81. The standard InChI is InChI=1S/C16H17ClN2O/c1-10-14(7-8-16(17)18-10)19-15-6-4-11-3-5-12(20-2)9-13(11)15/h3,5,7-9,15,19H,4,6H2,1-2H3. The molecule has 3 rings (SSSR count). The molecule has 1 aromatic heterocycles. The Morgan fingerprint density at radius 1 is 1.30 bits per heavy atom. The van der Waals surface area contributed by atoms with Crippen LogP contribution >= 0.6 is 11.6 Å². The van der Waals surface area contributed by atoms with Gasteiger partial charge in [0.1, 0.15) is 10.9 Å². The predicted molar refractivity (Wildman–Crippen MR) is 81.7 cm³/mol. The molecule has 3 nitrogen and oxygen atoms in total. The fourth-order valence-corrected chi connectivity index (χ4v) is 2.92. The van der Waals surface area contributed by atoms with Gasteiger partial charge in [-0.15, -0.1) is 0 Å². The lowest BCUT2D eigenvalue weighted by Crippen LogP contribution is -2.09. The maximum Gasteiger partial charge on any atom is 0.129 e. The van der Waals surface area contributed by atoms with E-state index < -0.39 is 0 Å². The molecule has 0 spiro atoms. The second-order valence-electron chi connectivity index (χ2n) is 5.07. The van der Waals surface area contributed by atoms with Crippen molar-refractivity contribution in [2.75, 3.05) is 12.4 Å². The summed E-state index contributed by atoms with van der Waals surface area (Å²) in [5.74, 6) is 0.906. The molecule has 0 saturated heterocycles. The first-order valence-electron chi connectivity index (χ1n) is 6.74. The van der Waals surface area contributed by atoms with Gasteiger partial charge >= 0.3 is 0 Å². The molecular formula is C16H17ClN2O. The van der Waals surface area contributed by atoms with E-state index in [1.807, 2.05) is 25.1 Å². The van der Waals surface area contributed by atoms with Gasteiger partial charge in [-0.1, -0.05) is 17.7 Å². The zero-order chi connectivity index (χ0) is 14.1. The number of halogens is 1. The van der Waals surface area contributed by atoms with Crippen LogP contribution in [0.4, 0.5) is 5.69 Å². The zero-order valence-corrected chi connectivity index (χ0v) is 12.4. The third-order valence-corrected chi connectivity index (χ3v) is 4.02. The van der Waals surface area contributed by atoms with Crippen molar-refractivity contribution in [1.29, 1.82) is 0 Å². The lowest BCUT2D eigenvalue weighted by Gasteiger charge is -2.17. The largest absolute Gasteiger partial charge is 0.497 e. The average molecular weight is 289 g/mol. The molecule has 20 heavy (non-hydrogen) atoms. The molecule has 1 aliphatic carbocycles. The summed E-state index contributed by atoms with van der Waals surface area (Å²) in [7, 11) is 1.70. The summed E-state index contributed by atoms with van der Waals surface area (Å²) in [5.41, 5.74) is 4.67. The van der Waals surface area contributed by atoms with Crippen LogP contribution in [0.5, 0.6) is 5.75 Å². The first-order chi connectivity index (χ1) is 9.67. The van der Waals surface area contributed by atoms with Gasteiger partial charge in [0.2, 0.25) is 0 Å². The van der Waals surface area contributed by atoms with E-state index in [1.165, 1.54) is 11.1 Å². The Hall–Kier alpha value is -1.74. The van der Waals surface area contributed by atoms with Gasteiger partial charge in [-0.25, -0.2) is 4.98 Å². The van der Waals surface area contributed by atoms with Gasteiger partial charge in [-0.3, -0.25) is 0 Å². The zero-order valence-electron chi connectivity index (χ0n) is 11.6. The molecule has 1 atom stereocenters. The van der Waals surface area contributed by atoms with Crippen LogP contribution in [0.1, 0.15) is 29.3 Å². The summed E-state index contributed by atoms with van der Waals surface area (Å²) in [6, 6.07) is 10.4. The number of pyridine rings is 1. The Kier molecular flexibility index (Phi) is 3.53. The molecule has 1 N–H and O–H groups in total. The normalized spacial score (nSPS) is 16.9. The van der Waals surface area contributed by atoms with Gasteiger partial charge in [0.05, 0.1) is 24.5 Å². The third kappa shape index (κ3) is 2.46. The molecule has 0 aliphatic heterocycles. The molecule has 2 aromatic rings. The fraction of sp³-hybridized carbons (Fsp3) is 0.312. The molecule has 0 bridgehead atoms. The van der Waals surface area contributed by atoms with Crippen molar-refractivity contribution in [3.63, 3.8) is 0 Å². The monoisotopic (exact) mass is 288 g/mol. The quantitative estimate of drug-likeness (QED) is 0.862. The molecule has 1 aromatic carbocycles. The maximum atomic E-state index is 5.90. The molecule has 1 heterocycles. The lowest BCUT2D eigenvalue weighted by atomic mass is 10.1. The summed E-state index contributed by atoms with van der Waals surface area (Å²) in [4.78, 5) is 4.28. The highest BCUT2D eigenvalue weighted by Crippen LogP contribution is 2.36. The minimum Gasteiger partial charge on any atom is -0.497 e. The number of nitrogens with zero attached hydrogens (tertiary/aromatic N) is 1. The van der Waals surface area contributed by atoms with Crippen LogP contribution in [0.15, 0.2) is 30.3 Å². The van der Waals surface area contributed by atoms with Crippen molar-refractivity contribution >= 4 is 17.3 Å². The molecule has 104 valence electrons. The number of aryl methyl sites for hydroxylation is 2. The number of hydrogen-bond donors (Lipinski definition) is 1. The Morgan fingerprint density at radius 2 is 2.15 bits per heavy atom. The van der Waals surface area contributed by atoms with Crippen LogP contribution < -0.4 is 10.1 Å². The fourth-order valence-electron chi connectivity index (χ4n) is 2.73. The van der Waals surface area contributed by atoms with E-state index in [0.717, 1.165) is 30.0 Å². The van der Waals surface area contributed by atoms with Gasteiger partial charge in [0, 0.05) is 0 Å². The Labute approximate surface area is 123 Å². The van der Waals surface area contributed by atoms with E-state index >= 15 is 0 Å².